The fourth-order valence-electron chi connectivity index (χ4n) is 3.74. The number of fused-ring (bicyclic) bond motifs is 1. The molecule has 3 heterocycles. The summed E-state index contributed by atoms with van der Waals surface area (Å²) in [6.45, 7) is 7.45. The van der Waals surface area contributed by atoms with Crippen LogP contribution in [0.15, 0.2) is 24.4 Å². The zero-order valence-corrected chi connectivity index (χ0v) is 16.0. The molecule has 1 fully saturated rings. The van der Waals surface area contributed by atoms with Crippen molar-refractivity contribution in [3.05, 3.63) is 47.3 Å². The first kappa shape index (κ1) is 17.6. The number of aromatic amines is 2. The molecular formula is C20H26N6O. The van der Waals surface area contributed by atoms with Crippen molar-refractivity contribution in [1.29, 1.82) is 0 Å². The van der Waals surface area contributed by atoms with Crippen LogP contribution in [0.3, 0.4) is 0 Å². The Hall–Kier alpha value is -2.83. The molecule has 2 amide bonds. The van der Waals surface area contributed by atoms with Crippen LogP contribution in [0.5, 0.6) is 0 Å². The van der Waals surface area contributed by atoms with Gasteiger partial charge in [0.25, 0.3) is 0 Å². The average molecular weight is 366 g/mol. The number of benzene rings is 1. The Morgan fingerprint density at radius 2 is 2.04 bits per heavy atom. The highest BCUT2D eigenvalue weighted by atomic mass is 16.2. The van der Waals surface area contributed by atoms with Gasteiger partial charge < -0.3 is 20.2 Å². The van der Waals surface area contributed by atoms with E-state index in [1.54, 1.807) is 6.20 Å². The number of para-hydroxylation sites is 1. The molecule has 4 rings (SSSR count). The van der Waals surface area contributed by atoms with E-state index in [1.807, 2.05) is 24.8 Å². The molecule has 1 aliphatic heterocycles. The molecule has 0 radical (unpaired) electrons. The molecule has 1 aliphatic rings. The Morgan fingerprint density at radius 3 is 2.70 bits per heavy atom. The number of carbonyl (C=O) groups is 1. The molecule has 0 saturated carbocycles. The Labute approximate surface area is 158 Å². The van der Waals surface area contributed by atoms with Crippen molar-refractivity contribution in [3.8, 4) is 0 Å². The maximum Gasteiger partial charge on any atom is 0.317 e. The second kappa shape index (κ2) is 7.06. The van der Waals surface area contributed by atoms with E-state index in [2.05, 4.69) is 39.3 Å². The number of nitrogens with one attached hydrogen (secondary N) is 3. The minimum absolute atomic E-state index is 0.0320. The van der Waals surface area contributed by atoms with E-state index in [0.29, 0.717) is 5.92 Å². The van der Waals surface area contributed by atoms with Gasteiger partial charge in [-0.15, -0.1) is 0 Å². The monoisotopic (exact) mass is 366 g/mol. The number of amides is 2. The number of aryl methyl sites for hydroxylation is 2. The number of likely N-dealkylation sites (tertiary alicyclic amines) is 1. The van der Waals surface area contributed by atoms with E-state index in [-0.39, 0.29) is 12.1 Å². The van der Waals surface area contributed by atoms with Gasteiger partial charge in [0, 0.05) is 30.9 Å². The molecule has 0 spiro atoms. The summed E-state index contributed by atoms with van der Waals surface area (Å²) in [6.07, 6.45) is 3.61. The summed E-state index contributed by atoms with van der Waals surface area (Å²) < 4.78 is 0. The predicted molar refractivity (Wildman–Crippen MR) is 105 cm³/mol. The normalized spacial score (nSPS) is 16.6. The van der Waals surface area contributed by atoms with Crippen molar-refractivity contribution in [3.63, 3.8) is 0 Å². The molecule has 7 heteroatoms. The van der Waals surface area contributed by atoms with Crippen molar-refractivity contribution >= 4 is 17.1 Å². The van der Waals surface area contributed by atoms with Crippen LogP contribution in [0.1, 0.15) is 54.6 Å². The van der Waals surface area contributed by atoms with Gasteiger partial charge in [-0.1, -0.05) is 12.1 Å². The van der Waals surface area contributed by atoms with Crippen molar-refractivity contribution in [2.24, 2.45) is 0 Å². The van der Waals surface area contributed by atoms with Gasteiger partial charge in [-0.05, 0) is 45.2 Å². The molecule has 0 aliphatic carbocycles. The summed E-state index contributed by atoms with van der Waals surface area (Å²) in [5.74, 6) is 2.19. The first-order chi connectivity index (χ1) is 13.0. The summed E-state index contributed by atoms with van der Waals surface area (Å²) in [4.78, 5) is 30.2. The van der Waals surface area contributed by atoms with Crippen LogP contribution >= 0.6 is 0 Å². The Kier molecular flexibility index (Phi) is 4.59. The van der Waals surface area contributed by atoms with Gasteiger partial charge in [0.1, 0.15) is 11.6 Å². The fraction of sp³-hybridized carbons (Fsp3) is 0.450. The molecule has 3 N–H and O–H groups in total. The summed E-state index contributed by atoms with van der Waals surface area (Å²) in [5.41, 5.74) is 4.32. The number of imidazole rings is 2. The Balaban J connectivity index is 1.36. The molecule has 27 heavy (non-hydrogen) atoms. The van der Waals surface area contributed by atoms with Crippen LogP contribution in [0.4, 0.5) is 4.79 Å². The van der Waals surface area contributed by atoms with Gasteiger partial charge >= 0.3 is 6.03 Å². The lowest BCUT2D eigenvalue weighted by Crippen LogP contribution is -2.45. The largest absolute Gasteiger partial charge is 0.344 e. The maximum absolute atomic E-state index is 12.6. The minimum atomic E-state index is -0.137. The molecule has 1 saturated heterocycles. The van der Waals surface area contributed by atoms with E-state index < -0.39 is 0 Å². The standard InChI is InChI=1S/C20H26N6O/c1-12-5-4-6-16-17(12)25-19(24-16)15-7-9-26(10-8-15)20(27)23-14(3)18-21-11-13(2)22-18/h4-6,11,14-15H,7-10H2,1-3H3,(H,21,22)(H,23,27)(H,24,25)/t14-/m0/s1. The van der Waals surface area contributed by atoms with Gasteiger partial charge in [-0.25, -0.2) is 14.8 Å². The number of hydrogen-bond donors (Lipinski definition) is 3. The highest BCUT2D eigenvalue weighted by Gasteiger charge is 2.27. The van der Waals surface area contributed by atoms with Crippen LogP contribution in [0.25, 0.3) is 11.0 Å². The number of rotatable bonds is 3. The molecule has 142 valence electrons. The molecule has 0 unspecified atom stereocenters. The highest BCUT2D eigenvalue weighted by molar-refractivity contribution is 5.78. The number of nitrogens with zero attached hydrogens (tertiary/aromatic N) is 3. The molecule has 3 aromatic rings. The van der Waals surface area contributed by atoms with E-state index in [0.717, 1.165) is 54.3 Å². The van der Waals surface area contributed by atoms with Crippen LogP contribution in [0.2, 0.25) is 0 Å². The number of hydrogen-bond acceptors (Lipinski definition) is 3. The molecule has 1 aromatic carbocycles. The van der Waals surface area contributed by atoms with E-state index in [9.17, 15) is 4.79 Å². The zero-order chi connectivity index (χ0) is 19.0. The topological polar surface area (TPSA) is 89.7 Å². The van der Waals surface area contributed by atoms with Crippen molar-refractivity contribution in [2.75, 3.05) is 13.1 Å². The minimum Gasteiger partial charge on any atom is -0.344 e. The highest BCUT2D eigenvalue weighted by Crippen LogP contribution is 2.28. The van der Waals surface area contributed by atoms with Crippen LogP contribution in [-0.2, 0) is 0 Å². The number of urea groups is 1. The quantitative estimate of drug-likeness (QED) is 0.662. The second-order valence-electron chi connectivity index (χ2n) is 7.48. The molecular weight excluding hydrogens is 340 g/mol. The lowest BCUT2D eigenvalue weighted by Gasteiger charge is -2.31. The smallest absolute Gasteiger partial charge is 0.317 e. The second-order valence-corrected chi connectivity index (χ2v) is 7.48. The third-order valence-electron chi connectivity index (χ3n) is 5.37. The first-order valence-corrected chi connectivity index (χ1v) is 9.53. The lowest BCUT2D eigenvalue weighted by atomic mass is 9.96. The van der Waals surface area contributed by atoms with E-state index in [4.69, 9.17) is 4.98 Å². The van der Waals surface area contributed by atoms with Crippen molar-refractivity contribution < 1.29 is 4.79 Å². The molecule has 2 aromatic heterocycles. The number of aromatic nitrogens is 4. The molecule has 7 nitrogen and oxygen atoms in total. The van der Waals surface area contributed by atoms with E-state index >= 15 is 0 Å². The van der Waals surface area contributed by atoms with Gasteiger partial charge in [0.2, 0.25) is 0 Å². The first-order valence-electron chi connectivity index (χ1n) is 9.53. The lowest BCUT2D eigenvalue weighted by molar-refractivity contribution is 0.177. The van der Waals surface area contributed by atoms with Crippen molar-refractivity contribution in [2.45, 2.75) is 45.6 Å². The Bertz CT molecular complexity index is 950. The van der Waals surface area contributed by atoms with Gasteiger partial charge in [0.15, 0.2) is 0 Å². The van der Waals surface area contributed by atoms with E-state index in [1.165, 1.54) is 5.56 Å². The summed E-state index contributed by atoms with van der Waals surface area (Å²) in [6, 6.07) is 6.03. The Morgan fingerprint density at radius 1 is 1.26 bits per heavy atom. The zero-order valence-electron chi connectivity index (χ0n) is 16.0. The summed E-state index contributed by atoms with van der Waals surface area (Å²) in [7, 11) is 0. The third-order valence-corrected chi connectivity index (χ3v) is 5.37. The third kappa shape index (κ3) is 3.54. The van der Waals surface area contributed by atoms with Gasteiger partial charge in [-0.3, -0.25) is 0 Å². The number of piperidine rings is 1. The van der Waals surface area contributed by atoms with Gasteiger partial charge in [0.05, 0.1) is 17.1 Å². The predicted octanol–water partition coefficient (Wildman–Crippen LogP) is 3.55. The number of H-pyrrole nitrogens is 2. The average Bonchev–Trinajstić information content (AvgIpc) is 3.29. The van der Waals surface area contributed by atoms with Crippen LogP contribution < -0.4 is 5.32 Å². The molecule has 0 bridgehead atoms. The number of carbonyl (C=O) groups excluding carboxylic acids is 1. The van der Waals surface area contributed by atoms with Gasteiger partial charge in [-0.2, -0.15) is 0 Å². The maximum atomic E-state index is 12.6. The summed E-state index contributed by atoms with van der Waals surface area (Å²) in [5, 5.41) is 3.03. The fourth-order valence-corrected chi connectivity index (χ4v) is 3.74. The molecule has 1 atom stereocenters. The van der Waals surface area contributed by atoms with Crippen LogP contribution in [0, 0.1) is 13.8 Å². The van der Waals surface area contributed by atoms with Crippen LogP contribution in [-0.4, -0.2) is 44.0 Å². The SMILES string of the molecule is Cc1cnc([C@H](C)NC(=O)N2CCC(c3nc4c(C)cccc4[nH]3)CC2)[nH]1. The van der Waals surface area contributed by atoms with Crippen molar-refractivity contribution in [1.82, 2.24) is 30.2 Å². The summed E-state index contributed by atoms with van der Waals surface area (Å²) >= 11 is 0.